The number of hydrogen-bond acceptors (Lipinski definition) is 6. The fourth-order valence-corrected chi connectivity index (χ4v) is 4.03. The van der Waals surface area contributed by atoms with Crippen LogP contribution in [0, 0.1) is 6.92 Å². The van der Waals surface area contributed by atoms with E-state index in [0.29, 0.717) is 17.3 Å². The Labute approximate surface area is 190 Å². The number of benzene rings is 1. The second-order valence-corrected chi connectivity index (χ2v) is 7.83. The third kappa shape index (κ3) is 4.19. The second kappa shape index (κ2) is 9.01. The monoisotopic (exact) mass is 475 g/mol. The van der Waals surface area contributed by atoms with Crippen molar-refractivity contribution in [2.24, 2.45) is 0 Å². The number of aromatic nitrogens is 4. The maximum atomic E-state index is 14.0. The van der Waals surface area contributed by atoms with E-state index in [1.165, 1.54) is 14.0 Å². The van der Waals surface area contributed by atoms with Crippen LogP contribution in [0.25, 0.3) is 17.1 Å². The van der Waals surface area contributed by atoms with E-state index in [1.807, 2.05) is 0 Å². The Hall–Kier alpha value is -3.37. The minimum absolute atomic E-state index is 0.143. The van der Waals surface area contributed by atoms with E-state index in [1.54, 1.807) is 47.8 Å². The molecule has 1 aromatic carbocycles. The summed E-state index contributed by atoms with van der Waals surface area (Å²) in [5.74, 6) is -0.319. The molecule has 0 aliphatic rings. The van der Waals surface area contributed by atoms with Crippen molar-refractivity contribution in [3.8, 4) is 23.0 Å². The molecule has 11 heteroatoms. The minimum atomic E-state index is -2.96. The van der Waals surface area contributed by atoms with Crippen molar-refractivity contribution in [1.82, 2.24) is 19.7 Å². The van der Waals surface area contributed by atoms with Crippen LogP contribution < -0.4 is 10.1 Å². The number of aryl methyl sites for hydroxylation is 1. The summed E-state index contributed by atoms with van der Waals surface area (Å²) in [6.07, 6.45) is -2.96. The van der Waals surface area contributed by atoms with Crippen LogP contribution in [0.3, 0.4) is 0 Å². The van der Waals surface area contributed by atoms with Crippen LogP contribution in [0.5, 0.6) is 5.88 Å². The lowest BCUT2D eigenvalue weighted by atomic mass is 10.1. The Morgan fingerprint density at radius 3 is 2.66 bits per heavy atom. The van der Waals surface area contributed by atoms with Crippen molar-refractivity contribution >= 4 is 34.0 Å². The molecule has 0 fully saturated rings. The van der Waals surface area contributed by atoms with Crippen molar-refractivity contribution < 1.29 is 18.3 Å². The quantitative estimate of drug-likeness (QED) is 0.395. The molecule has 3 aromatic heterocycles. The SMILES string of the molecule is COc1cccc(-c2csc(NC(=O)c3c(C)nn(-c4ccccc4Cl)c3C(F)F)n2)n1. The Kier molecular flexibility index (Phi) is 6.15. The zero-order valence-corrected chi connectivity index (χ0v) is 18.4. The molecule has 0 spiro atoms. The highest BCUT2D eigenvalue weighted by Crippen LogP contribution is 2.32. The highest BCUT2D eigenvalue weighted by atomic mass is 35.5. The zero-order chi connectivity index (χ0) is 22.8. The van der Waals surface area contributed by atoms with Crippen LogP contribution in [0.1, 0.15) is 28.2 Å². The van der Waals surface area contributed by atoms with E-state index < -0.39 is 18.0 Å². The number of halogens is 3. The first-order chi connectivity index (χ1) is 15.4. The molecule has 0 aliphatic heterocycles. The van der Waals surface area contributed by atoms with Crippen molar-refractivity contribution in [1.29, 1.82) is 0 Å². The number of anilines is 1. The van der Waals surface area contributed by atoms with Crippen LogP contribution in [0.15, 0.2) is 47.8 Å². The topological polar surface area (TPSA) is 81.9 Å². The molecule has 0 bridgehead atoms. The fraction of sp³-hybridized carbons (Fsp3) is 0.143. The van der Waals surface area contributed by atoms with Gasteiger partial charge >= 0.3 is 0 Å². The first-order valence-electron chi connectivity index (χ1n) is 9.30. The van der Waals surface area contributed by atoms with Gasteiger partial charge in [0.2, 0.25) is 5.88 Å². The van der Waals surface area contributed by atoms with Gasteiger partial charge in [-0.25, -0.2) is 23.4 Å². The second-order valence-electron chi connectivity index (χ2n) is 6.57. The van der Waals surface area contributed by atoms with Gasteiger partial charge in [0.15, 0.2) is 5.13 Å². The summed E-state index contributed by atoms with van der Waals surface area (Å²) in [5.41, 5.74) is 0.700. The highest BCUT2D eigenvalue weighted by molar-refractivity contribution is 7.14. The normalized spacial score (nSPS) is 11.1. The Morgan fingerprint density at radius 2 is 1.94 bits per heavy atom. The van der Waals surface area contributed by atoms with Gasteiger partial charge in [-0.1, -0.05) is 29.8 Å². The van der Waals surface area contributed by atoms with Crippen LogP contribution in [-0.4, -0.2) is 32.8 Å². The summed E-state index contributed by atoms with van der Waals surface area (Å²) in [6.45, 7) is 1.49. The summed E-state index contributed by atoms with van der Waals surface area (Å²) < 4.78 is 34.1. The van der Waals surface area contributed by atoms with Gasteiger partial charge in [-0.05, 0) is 25.1 Å². The highest BCUT2D eigenvalue weighted by Gasteiger charge is 2.29. The minimum Gasteiger partial charge on any atom is -0.481 e. The van der Waals surface area contributed by atoms with E-state index in [0.717, 1.165) is 16.0 Å². The number of amides is 1. The average molecular weight is 476 g/mol. The van der Waals surface area contributed by atoms with Gasteiger partial charge in [0.1, 0.15) is 11.4 Å². The van der Waals surface area contributed by atoms with Crippen LogP contribution in [0.2, 0.25) is 5.02 Å². The average Bonchev–Trinajstić information content (AvgIpc) is 3.38. The van der Waals surface area contributed by atoms with Gasteiger partial charge < -0.3 is 4.74 Å². The molecule has 1 N–H and O–H groups in total. The predicted octanol–water partition coefficient (Wildman–Crippen LogP) is 5.55. The number of carbonyl (C=O) groups excluding carboxylic acids is 1. The molecule has 3 heterocycles. The summed E-state index contributed by atoms with van der Waals surface area (Å²) in [5, 5.41) is 8.90. The lowest BCUT2D eigenvalue weighted by Gasteiger charge is -2.10. The molecule has 0 radical (unpaired) electrons. The molecule has 4 aromatic rings. The number of pyridine rings is 1. The lowest BCUT2D eigenvalue weighted by Crippen LogP contribution is -2.15. The molecule has 0 aliphatic carbocycles. The molecule has 164 valence electrons. The molecule has 0 saturated carbocycles. The number of nitrogens with zero attached hydrogens (tertiary/aromatic N) is 4. The summed E-state index contributed by atoms with van der Waals surface area (Å²) >= 11 is 7.31. The summed E-state index contributed by atoms with van der Waals surface area (Å²) in [6, 6.07) is 11.6. The lowest BCUT2D eigenvalue weighted by molar-refractivity contribution is 0.100. The molecule has 32 heavy (non-hydrogen) atoms. The van der Waals surface area contributed by atoms with E-state index in [4.69, 9.17) is 16.3 Å². The fourth-order valence-electron chi connectivity index (χ4n) is 3.11. The Morgan fingerprint density at radius 1 is 1.16 bits per heavy atom. The maximum Gasteiger partial charge on any atom is 0.281 e. The third-order valence-corrected chi connectivity index (χ3v) is 5.61. The van der Waals surface area contributed by atoms with Crippen molar-refractivity contribution in [2.45, 2.75) is 13.3 Å². The molecule has 0 saturated heterocycles. The first-order valence-corrected chi connectivity index (χ1v) is 10.6. The van der Waals surface area contributed by atoms with E-state index in [-0.39, 0.29) is 27.1 Å². The number of para-hydroxylation sites is 1. The van der Waals surface area contributed by atoms with Gasteiger partial charge in [0, 0.05) is 11.4 Å². The number of ether oxygens (including phenoxy) is 1. The van der Waals surface area contributed by atoms with Crippen molar-refractivity contribution in [3.63, 3.8) is 0 Å². The third-order valence-electron chi connectivity index (χ3n) is 4.53. The number of hydrogen-bond donors (Lipinski definition) is 1. The number of carbonyl (C=O) groups is 1. The van der Waals surface area contributed by atoms with Gasteiger partial charge in [-0.15, -0.1) is 11.3 Å². The number of nitrogens with one attached hydrogen (secondary N) is 1. The van der Waals surface area contributed by atoms with Crippen molar-refractivity contribution in [3.05, 3.63) is 69.8 Å². The van der Waals surface area contributed by atoms with E-state index >= 15 is 0 Å². The van der Waals surface area contributed by atoms with Crippen LogP contribution in [-0.2, 0) is 0 Å². The van der Waals surface area contributed by atoms with Gasteiger partial charge in [0.25, 0.3) is 12.3 Å². The van der Waals surface area contributed by atoms with Gasteiger partial charge in [-0.3, -0.25) is 10.1 Å². The molecular formula is C21H16ClF2N5O2S. The number of methoxy groups -OCH3 is 1. The molecule has 1 amide bonds. The van der Waals surface area contributed by atoms with Crippen LogP contribution >= 0.6 is 22.9 Å². The standard InChI is InChI=1S/C21H16ClF2N5O2S/c1-11-17(18(19(23)24)29(28-11)15-8-4-3-6-12(15)22)20(30)27-21-26-14(10-32-21)13-7-5-9-16(25-13)31-2/h3-10,19H,1-2H3,(H,26,27,30). The van der Waals surface area contributed by atoms with E-state index in [9.17, 15) is 13.6 Å². The Bertz CT molecular complexity index is 1290. The van der Waals surface area contributed by atoms with Gasteiger partial charge in [-0.2, -0.15) is 5.10 Å². The molecule has 0 atom stereocenters. The van der Waals surface area contributed by atoms with Crippen LogP contribution in [0.4, 0.5) is 13.9 Å². The maximum absolute atomic E-state index is 14.0. The first kappa shape index (κ1) is 21.8. The zero-order valence-electron chi connectivity index (χ0n) is 16.8. The van der Waals surface area contributed by atoms with E-state index in [2.05, 4.69) is 20.4 Å². The number of thiazole rings is 1. The van der Waals surface area contributed by atoms with Crippen molar-refractivity contribution in [2.75, 3.05) is 12.4 Å². The summed E-state index contributed by atoms with van der Waals surface area (Å²) in [4.78, 5) is 21.6. The molecule has 7 nitrogen and oxygen atoms in total. The molecule has 4 rings (SSSR count). The molecular weight excluding hydrogens is 460 g/mol. The number of rotatable bonds is 6. The molecule has 0 unspecified atom stereocenters. The van der Waals surface area contributed by atoms with Gasteiger partial charge in [0.05, 0.1) is 34.8 Å². The largest absolute Gasteiger partial charge is 0.481 e. The Balaban J connectivity index is 1.66. The summed E-state index contributed by atoms with van der Waals surface area (Å²) in [7, 11) is 1.50. The number of alkyl halides is 2. The smallest absolute Gasteiger partial charge is 0.281 e. The predicted molar refractivity (Wildman–Crippen MR) is 118 cm³/mol.